The van der Waals surface area contributed by atoms with E-state index in [0.29, 0.717) is 19.4 Å². The van der Waals surface area contributed by atoms with Gasteiger partial charge in [0.05, 0.1) is 6.42 Å². The molecule has 2 amide bonds. The van der Waals surface area contributed by atoms with Crippen LogP contribution < -0.4 is 5.32 Å². The number of hydrogen-bond donors (Lipinski definition) is 2. The van der Waals surface area contributed by atoms with Gasteiger partial charge < -0.3 is 15.3 Å². The van der Waals surface area contributed by atoms with E-state index in [0.717, 1.165) is 11.1 Å². The van der Waals surface area contributed by atoms with E-state index in [2.05, 4.69) is 5.32 Å². The van der Waals surface area contributed by atoms with E-state index in [1.807, 2.05) is 31.2 Å². The number of aliphatic carboxylic acids is 1. The van der Waals surface area contributed by atoms with Crippen LogP contribution in [0.2, 0.25) is 0 Å². The number of hydrogen-bond acceptors (Lipinski definition) is 3. The van der Waals surface area contributed by atoms with E-state index in [-0.39, 0.29) is 18.2 Å². The molecule has 2 rings (SSSR count). The fourth-order valence-electron chi connectivity index (χ4n) is 2.75. The number of carbonyl (C=O) groups is 3. The quantitative estimate of drug-likeness (QED) is 0.831. The summed E-state index contributed by atoms with van der Waals surface area (Å²) in [7, 11) is 0. The van der Waals surface area contributed by atoms with Crippen LogP contribution in [0.1, 0.15) is 37.3 Å². The van der Waals surface area contributed by atoms with Crippen LogP contribution in [0.15, 0.2) is 24.3 Å². The Morgan fingerprint density at radius 1 is 1.35 bits per heavy atom. The molecule has 0 radical (unpaired) electrons. The summed E-state index contributed by atoms with van der Waals surface area (Å²) in [6.45, 7) is 4.03. The lowest BCUT2D eigenvalue weighted by atomic mass is 10.1. The predicted molar refractivity (Wildman–Crippen MR) is 84.6 cm³/mol. The maximum absolute atomic E-state index is 12.3. The van der Waals surface area contributed by atoms with Crippen molar-refractivity contribution in [1.29, 1.82) is 0 Å². The van der Waals surface area contributed by atoms with E-state index in [1.54, 1.807) is 11.8 Å². The minimum atomic E-state index is -0.961. The monoisotopic (exact) mass is 318 g/mol. The molecule has 1 saturated heterocycles. The third-order valence-corrected chi connectivity index (χ3v) is 3.97. The molecule has 6 heteroatoms. The number of aryl methyl sites for hydroxylation is 1. The Hall–Kier alpha value is -2.37. The van der Waals surface area contributed by atoms with Gasteiger partial charge in [0, 0.05) is 19.0 Å². The zero-order valence-electron chi connectivity index (χ0n) is 13.4. The van der Waals surface area contributed by atoms with Gasteiger partial charge in [-0.1, -0.05) is 29.8 Å². The normalized spacial score (nSPS) is 18.8. The van der Waals surface area contributed by atoms with Gasteiger partial charge in [0.2, 0.25) is 11.8 Å². The Kier molecular flexibility index (Phi) is 5.36. The molecule has 1 heterocycles. The molecule has 0 aromatic heterocycles. The van der Waals surface area contributed by atoms with Crippen LogP contribution in [-0.4, -0.2) is 39.9 Å². The maximum Gasteiger partial charge on any atom is 0.305 e. The first-order chi connectivity index (χ1) is 10.9. The summed E-state index contributed by atoms with van der Waals surface area (Å²) in [6.07, 6.45) is 0.679. The standard InChI is InChI=1S/C17H22N2O4/c1-11-3-5-13(6-4-11)10-19-14(7-8-15(19)20)17(23)18-12(2)9-16(21)22/h3-6,12,14H,7-10H2,1-2H3,(H,18,23)(H,21,22). The third kappa shape index (κ3) is 4.55. The molecule has 1 aliphatic rings. The SMILES string of the molecule is Cc1ccc(CN2C(=O)CCC2C(=O)NC(C)CC(=O)O)cc1. The Morgan fingerprint density at radius 2 is 2.00 bits per heavy atom. The van der Waals surface area contributed by atoms with Crippen LogP contribution in [-0.2, 0) is 20.9 Å². The second kappa shape index (κ2) is 7.26. The number of benzene rings is 1. The zero-order valence-corrected chi connectivity index (χ0v) is 13.4. The minimum absolute atomic E-state index is 0.0448. The molecule has 6 nitrogen and oxygen atoms in total. The van der Waals surface area contributed by atoms with Crippen LogP contribution in [0.25, 0.3) is 0 Å². The molecule has 0 spiro atoms. The highest BCUT2D eigenvalue weighted by Gasteiger charge is 2.36. The van der Waals surface area contributed by atoms with E-state index in [9.17, 15) is 14.4 Å². The minimum Gasteiger partial charge on any atom is -0.481 e. The van der Waals surface area contributed by atoms with Crippen LogP contribution in [0.3, 0.4) is 0 Å². The highest BCUT2D eigenvalue weighted by atomic mass is 16.4. The zero-order chi connectivity index (χ0) is 17.0. The molecule has 23 heavy (non-hydrogen) atoms. The molecule has 2 N–H and O–H groups in total. The van der Waals surface area contributed by atoms with Gasteiger partial charge >= 0.3 is 5.97 Å². The van der Waals surface area contributed by atoms with Gasteiger partial charge in [0.1, 0.15) is 6.04 Å². The molecule has 1 aliphatic heterocycles. The highest BCUT2D eigenvalue weighted by molar-refractivity contribution is 5.91. The van der Waals surface area contributed by atoms with Crippen LogP contribution in [0.5, 0.6) is 0 Å². The molecule has 0 saturated carbocycles. The van der Waals surface area contributed by atoms with Gasteiger partial charge in [0.25, 0.3) is 0 Å². The van der Waals surface area contributed by atoms with Crippen molar-refractivity contribution in [3.05, 3.63) is 35.4 Å². The Labute approximate surface area is 135 Å². The summed E-state index contributed by atoms with van der Waals surface area (Å²) in [4.78, 5) is 36.7. The van der Waals surface area contributed by atoms with Crippen LogP contribution in [0, 0.1) is 6.92 Å². The number of amides is 2. The van der Waals surface area contributed by atoms with Gasteiger partial charge in [-0.2, -0.15) is 0 Å². The van der Waals surface area contributed by atoms with Crippen molar-refractivity contribution in [3.8, 4) is 0 Å². The van der Waals surface area contributed by atoms with Gasteiger partial charge in [0.15, 0.2) is 0 Å². The molecule has 1 fully saturated rings. The molecule has 1 aromatic carbocycles. The first-order valence-corrected chi connectivity index (χ1v) is 7.74. The summed E-state index contributed by atoms with van der Waals surface area (Å²) in [5.74, 6) is -1.29. The summed E-state index contributed by atoms with van der Waals surface area (Å²) >= 11 is 0. The topological polar surface area (TPSA) is 86.7 Å². The number of carboxylic acids is 1. The van der Waals surface area contributed by atoms with Crippen molar-refractivity contribution in [2.45, 2.75) is 51.7 Å². The lowest BCUT2D eigenvalue weighted by Crippen LogP contribution is -2.47. The lowest BCUT2D eigenvalue weighted by molar-refractivity contribution is -0.139. The smallest absolute Gasteiger partial charge is 0.305 e. The largest absolute Gasteiger partial charge is 0.481 e. The van der Waals surface area contributed by atoms with Gasteiger partial charge in [-0.25, -0.2) is 0 Å². The van der Waals surface area contributed by atoms with Gasteiger partial charge in [-0.15, -0.1) is 0 Å². The first kappa shape index (κ1) is 17.0. The summed E-state index contributed by atoms with van der Waals surface area (Å²) in [6, 6.07) is 6.85. The molecule has 0 bridgehead atoms. The fourth-order valence-corrected chi connectivity index (χ4v) is 2.75. The molecule has 1 aromatic rings. The Balaban J connectivity index is 2.02. The molecule has 124 valence electrons. The number of likely N-dealkylation sites (tertiary alicyclic amines) is 1. The second-order valence-electron chi connectivity index (χ2n) is 6.07. The fraction of sp³-hybridized carbons (Fsp3) is 0.471. The molecule has 2 atom stereocenters. The number of carboxylic acid groups (broad SMARTS) is 1. The van der Waals surface area contributed by atoms with Gasteiger partial charge in [-0.05, 0) is 25.8 Å². The van der Waals surface area contributed by atoms with E-state index in [1.165, 1.54) is 0 Å². The number of nitrogens with zero attached hydrogens (tertiary/aromatic N) is 1. The predicted octanol–water partition coefficient (Wildman–Crippen LogP) is 1.47. The lowest BCUT2D eigenvalue weighted by Gasteiger charge is -2.25. The van der Waals surface area contributed by atoms with Crippen molar-refractivity contribution < 1.29 is 19.5 Å². The molecule has 2 unspecified atom stereocenters. The maximum atomic E-state index is 12.3. The molecular weight excluding hydrogens is 296 g/mol. The van der Waals surface area contributed by atoms with Gasteiger partial charge in [-0.3, -0.25) is 14.4 Å². The van der Waals surface area contributed by atoms with Crippen molar-refractivity contribution in [1.82, 2.24) is 10.2 Å². The van der Waals surface area contributed by atoms with Crippen LogP contribution >= 0.6 is 0 Å². The number of rotatable bonds is 6. The summed E-state index contributed by atoms with van der Waals surface area (Å²) in [5.41, 5.74) is 2.11. The van der Waals surface area contributed by atoms with Crippen molar-refractivity contribution in [2.75, 3.05) is 0 Å². The average Bonchev–Trinajstić information content (AvgIpc) is 2.82. The number of nitrogens with one attached hydrogen (secondary N) is 1. The van der Waals surface area contributed by atoms with E-state index >= 15 is 0 Å². The Morgan fingerprint density at radius 3 is 2.61 bits per heavy atom. The van der Waals surface area contributed by atoms with Crippen molar-refractivity contribution >= 4 is 17.8 Å². The first-order valence-electron chi connectivity index (χ1n) is 7.74. The number of carbonyl (C=O) groups excluding carboxylic acids is 2. The van der Waals surface area contributed by atoms with Crippen LogP contribution in [0.4, 0.5) is 0 Å². The molecule has 0 aliphatic carbocycles. The van der Waals surface area contributed by atoms with E-state index in [4.69, 9.17) is 5.11 Å². The second-order valence-corrected chi connectivity index (χ2v) is 6.07. The third-order valence-electron chi connectivity index (χ3n) is 3.97. The van der Waals surface area contributed by atoms with Crippen molar-refractivity contribution in [2.24, 2.45) is 0 Å². The van der Waals surface area contributed by atoms with E-state index < -0.39 is 18.1 Å². The summed E-state index contributed by atoms with van der Waals surface area (Å²) < 4.78 is 0. The van der Waals surface area contributed by atoms with Crippen molar-refractivity contribution in [3.63, 3.8) is 0 Å². The average molecular weight is 318 g/mol. The molecular formula is C17H22N2O4. The summed E-state index contributed by atoms with van der Waals surface area (Å²) in [5, 5.41) is 11.4. The highest BCUT2D eigenvalue weighted by Crippen LogP contribution is 2.22. The Bertz CT molecular complexity index is 597.